The van der Waals surface area contributed by atoms with Crippen molar-refractivity contribution in [2.45, 2.75) is 50.8 Å². The first kappa shape index (κ1) is 10.9. The van der Waals surface area contributed by atoms with Crippen molar-refractivity contribution in [3.63, 3.8) is 0 Å². The Morgan fingerprint density at radius 1 is 1.42 bits per heavy atom. The zero-order valence-electron chi connectivity index (χ0n) is 8.34. The van der Waals surface area contributed by atoms with Crippen molar-refractivity contribution in [3.8, 4) is 0 Å². The van der Waals surface area contributed by atoms with E-state index >= 15 is 0 Å². The van der Waals surface area contributed by atoms with E-state index in [0.29, 0.717) is 0 Å². The molecule has 12 heavy (non-hydrogen) atoms. The summed E-state index contributed by atoms with van der Waals surface area (Å²) in [6, 6.07) is 0. The molecule has 2 heteroatoms. The average Bonchev–Trinajstić information content (AvgIpc) is 2.86. The molecule has 1 aliphatic heterocycles. The van der Waals surface area contributed by atoms with Crippen molar-refractivity contribution in [1.82, 2.24) is 0 Å². The SMILES string of the molecule is CCC(P)CC(CC)CC1CP1. The maximum absolute atomic E-state index is 2.99. The van der Waals surface area contributed by atoms with Crippen LogP contribution in [0.25, 0.3) is 0 Å². The van der Waals surface area contributed by atoms with Gasteiger partial charge in [0.15, 0.2) is 0 Å². The smallest absolute Gasteiger partial charge is 0.0197 e. The van der Waals surface area contributed by atoms with Crippen LogP contribution in [0.4, 0.5) is 0 Å². The third-order valence-corrected chi connectivity index (χ3v) is 4.81. The van der Waals surface area contributed by atoms with E-state index in [2.05, 4.69) is 23.1 Å². The molecule has 0 aromatic rings. The second kappa shape index (κ2) is 5.56. The van der Waals surface area contributed by atoms with Gasteiger partial charge in [-0.3, -0.25) is 0 Å². The lowest BCUT2D eigenvalue weighted by Gasteiger charge is -2.17. The maximum atomic E-state index is 2.99. The molecule has 1 aliphatic rings. The molecule has 0 bridgehead atoms. The molecule has 0 aliphatic carbocycles. The minimum absolute atomic E-state index is 0.872. The third kappa shape index (κ3) is 4.20. The molecule has 0 aromatic heterocycles. The van der Waals surface area contributed by atoms with Crippen LogP contribution in [0.1, 0.15) is 39.5 Å². The van der Waals surface area contributed by atoms with Gasteiger partial charge in [0.25, 0.3) is 0 Å². The zero-order chi connectivity index (χ0) is 8.97. The second-order valence-corrected chi connectivity index (χ2v) is 6.59. The first-order valence-corrected chi connectivity index (χ1v) is 7.20. The predicted molar refractivity (Wildman–Crippen MR) is 63.8 cm³/mol. The van der Waals surface area contributed by atoms with E-state index in [1.807, 2.05) is 0 Å². The molecule has 5 unspecified atom stereocenters. The molecular formula is C10H22P2. The summed E-state index contributed by atoms with van der Waals surface area (Å²) >= 11 is 0. The van der Waals surface area contributed by atoms with E-state index in [9.17, 15) is 0 Å². The van der Waals surface area contributed by atoms with Crippen molar-refractivity contribution in [3.05, 3.63) is 0 Å². The lowest BCUT2D eigenvalue weighted by Crippen LogP contribution is -2.08. The van der Waals surface area contributed by atoms with Gasteiger partial charge in [0.05, 0.1) is 0 Å². The van der Waals surface area contributed by atoms with Gasteiger partial charge in [-0.15, -0.1) is 17.8 Å². The Labute approximate surface area is 81.3 Å². The van der Waals surface area contributed by atoms with Gasteiger partial charge in [0.2, 0.25) is 0 Å². The highest BCUT2D eigenvalue weighted by molar-refractivity contribution is 7.47. The minimum Gasteiger partial charge on any atom is -0.134 e. The van der Waals surface area contributed by atoms with Crippen LogP contribution < -0.4 is 0 Å². The Morgan fingerprint density at radius 3 is 2.50 bits per heavy atom. The number of rotatable bonds is 6. The van der Waals surface area contributed by atoms with E-state index in [-0.39, 0.29) is 0 Å². The Hall–Kier alpha value is 0.860. The standard InChI is InChI=1S/C10H22P2/c1-3-8(5-9(11)4-2)6-10-7-12-10/h8-10,12H,3-7,11H2,1-2H3. The Morgan fingerprint density at radius 2 is 2.08 bits per heavy atom. The Kier molecular flexibility index (Phi) is 5.07. The fourth-order valence-electron chi connectivity index (χ4n) is 1.68. The highest BCUT2D eigenvalue weighted by atomic mass is 31.1. The summed E-state index contributed by atoms with van der Waals surface area (Å²) < 4.78 is 0. The van der Waals surface area contributed by atoms with E-state index in [1.54, 1.807) is 6.16 Å². The molecule has 0 aromatic carbocycles. The second-order valence-electron chi connectivity index (χ2n) is 4.02. The fourth-order valence-corrected chi connectivity index (χ4v) is 2.89. The lowest BCUT2D eigenvalue weighted by atomic mass is 9.94. The number of hydrogen-bond acceptors (Lipinski definition) is 0. The summed E-state index contributed by atoms with van der Waals surface area (Å²) in [6.07, 6.45) is 7.24. The molecular weight excluding hydrogens is 182 g/mol. The van der Waals surface area contributed by atoms with Crippen LogP contribution in [0.5, 0.6) is 0 Å². The molecule has 0 saturated carbocycles. The zero-order valence-corrected chi connectivity index (χ0v) is 10.5. The Balaban J connectivity index is 2.14. The molecule has 72 valence electrons. The first-order chi connectivity index (χ1) is 5.76. The predicted octanol–water partition coefficient (Wildman–Crippen LogP) is 3.51. The molecule has 0 N–H and O–H groups in total. The molecule has 1 rings (SSSR count). The first-order valence-electron chi connectivity index (χ1n) is 5.25. The van der Waals surface area contributed by atoms with Crippen molar-refractivity contribution < 1.29 is 0 Å². The van der Waals surface area contributed by atoms with E-state index < -0.39 is 0 Å². The van der Waals surface area contributed by atoms with Gasteiger partial charge < -0.3 is 0 Å². The fraction of sp³-hybridized carbons (Fsp3) is 1.00. The molecule has 1 saturated heterocycles. The van der Waals surface area contributed by atoms with Gasteiger partial charge in [-0.1, -0.05) is 20.3 Å². The summed E-state index contributed by atoms with van der Waals surface area (Å²) in [6.45, 7) is 4.65. The molecule has 0 amide bonds. The summed E-state index contributed by atoms with van der Waals surface area (Å²) in [7, 11) is 4.30. The molecule has 0 nitrogen and oxygen atoms in total. The summed E-state index contributed by atoms with van der Waals surface area (Å²) in [5.74, 6) is 1.02. The summed E-state index contributed by atoms with van der Waals surface area (Å²) in [5, 5.41) is 0. The van der Waals surface area contributed by atoms with Crippen molar-refractivity contribution in [2.24, 2.45) is 5.92 Å². The van der Waals surface area contributed by atoms with Gasteiger partial charge in [0, 0.05) is 0 Å². The molecule has 1 heterocycles. The van der Waals surface area contributed by atoms with Crippen molar-refractivity contribution >= 4 is 17.8 Å². The van der Waals surface area contributed by atoms with Gasteiger partial charge in [0.1, 0.15) is 0 Å². The largest absolute Gasteiger partial charge is 0.134 e. The highest BCUT2D eigenvalue weighted by Gasteiger charge is 2.25. The van der Waals surface area contributed by atoms with Crippen LogP contribution in [0.3, 0.4) is 0 Å². The van der Waals surface area contributed by atoms with E-state index in [4.69, 9.17) is 0 Å². The van der Waals surface area contributed by atoms with Crippen LogP contribution in [0.15, 0.2) is 0 Å². The maximum Gasteiger partial charge on any atom is -0.0197 e. The van der Waals surface area contributed by atoms with Crippen LogP contribution >= 0.6 is 17.8 Å². The van der Waals surface area contributed by atoms with Crippen molar-refractivity contribution in [2.75, 3.05) is 6.16 Å². The normalized spacial score (nSPS) is 28.8. The minimum atomic E-state index is 0.872. The van der Waals surface area contributed by atoms with Gasteiger partial charge in [-0.2, -0.15) is 0 Å². The summed E-state index contributed by atoms with van der Waals surface area (Å²) in [4.78, 5) is 0. The third-order valence-electron chi connectivity index (χ3n) is 2.85. The molecule has 5 atom stereocenters. The average molecular weight is 204 g/mol. The molecule has 0 spiro atoms. The van der Waals surface area contributed by atoms with Crippen LogP contribution in [0.2, 0.25) is 0 Å². The van der Waals surface area contributed by atoms with E-state index in [0.717, 1.165) is 17.2 Å². The quantitative estimate of drug-likeness (QED) is 0.581. The van der Waals surface area contributed by atoms with Crippen molar-refractivity contribution in [1.29, 1.82) is 0 Å². The van der Waals surface area contributed by atoms with Gasteiger partial charge in [-0.05, 0) is 42.7 Å². The van der Waals surface area contributed by atoms with Gasteiger partial charge in [-0.25, -0.2) is 0 Å². The van der Waals surface area contributed by atoms with Crippen LogP contribution in [-0.2, 0) is 0 Å². The monoisotopic (exact) mass is 204 g/mol. The highest BCUT2D eigenvalue weighted by Crippen LogP contribution is 2.44. The Bertz CT molecular complexity index is 121. The van der Waals surface area contributed by atoms with Crippen LogP contribution in [0, 0.1) is 5.92 Å². The summed E-state index contributed by atoms with van der Waals surface area (Å²) in [5.41, 5.74) is 2.01. The van der Waals surface area contributed by atoms with E-state index in [1.165, 1.54) is 34.3 Å². The van der Waals surface area contributed by atoms with Gasteiger partial charge >= 0.3 is 0 Å². The lowest BCUT2D eigenvalue weighted by molar-refractivity contribution is 0.435. The topological polar surface area (TPSA) is 0 Å². The number of hydrogen-bond donors (Lipinski definition) is 0. The molecule has 1 fully saturated rings. The molecule has 0 radical (unpaired) electrons. The van der Waals surface area contributed by atoms with Crippen LogP contribution in [-0.4, -0.2) is 17.5 Å².